The third kappa shape index (κ3) is 5.10. The molecule has 3 aromatic rings. The number of morpholine rings is 1. The van der Waals surface area contributed by atoms with Gasteiger partial charge in [0.1, 0.15) is 17.8 Å². The van der Waals surface area contributed by atoms with Crippen molar-refractivity contribution in [3.8, 4) is 0 Å². The SMILES string of the molecule is O=C(NCCc1c[nH]c2ccccc12)c1cc(NCCN2CCOCC2)ncn1. The van der Waals surface area contributed by atoms with Crippen molar-refractivity contribution < 1.29 is 9.53 Å². The highest BCUT2D eigenvalue weighted by atomic mass is 16.5. The quantitative estimate of drug-likeness (QED) is 0.538. The number of carbonyl (C=O) groups excluding carboxylic acids is 1. The minimum absolute atomic E-state index is 0.191. The largest absolute Gasteiger partial charge is 0.379 e. The van der Waals surface area contributed by atoms with Crippen LogP contribution in [0, 0.1) is 0 Å². The molecular weight excluding hydrogens is 368 g/mol. The maximum Gasteiger partial charge on any atom is 0.270 e. The van der Waals surface area contributed by atoms with Gasteiger partial charge in [0.25, 0.3) is 5.91 Å². The van der Waals surface area contributed by atoms with Crippen LogP contribution in [0.15, 0.2) is 42.9 Å². The number of anilines is 1. The first-order valence-corrected chi connectivity index (χ1v) is 9.99. The van der Waals surface area contributed by atoms with E-state index in [-0.39, 0.29) is 5.91 Å². The molecule has 1 aromatic carbocycles. The summed E-state index contributed by atoms with van der Waals surface area (Å²) in [5.41, 5.74) is 2.67. The second-order valence-corrected chi connectivity index (χ2v) is 7.03. The molecule has 152 valence electrons. The molecule has 1 amide bonds. The Hall–Kier alpha value is -2.97. The number of aromatic amines is 1. The average Bonchev–Trinajstić information content (AvgIpc) is 3.18. The number of rotatable bonds is 8. The number of hydrogen-bond donors (Lipinski definition) is 3. The predicted molar refractivity (Wildman–Crippen MR) is 112 cm³/mol. The van der Waals surface area contributed by atoms with Gasteiger partial charge in [-0.05, 0) is 18.1 Å². The predicted octanol–water partition coefficient (Wildman–Crippen LogP) is 1.67. The number of carbonyl (C=O) groups is 1. The van der Waals surface area contributed by atoms with Crippen molar-refractivity contribution in [2.24, 2.45) is 0 Å². The van der Waals surface area contributed by atoms with Crippen LogP contribution in [0.5, 0.6) is 0 Å². The number of amides is 1. The lowest BCUT2D eigenvalue weighted by Crippen LogP contribution is -2.39. The smallest absolute Gasteiger partial charge is 0.270 e. The van der Waals surface area contributed by atoms with E-state index in [1.807, 2.05) is 24.4 Å². The van der Waals surface area contributed by atoms with Gasteiger partial charge in [-0.1, -0.05) is 18.2 Å². The van der Waals surface area contributed by atoms with Gasteiger partial charge >= 0.3 is 0 Å². The van der Waals surface area contributed by atoms with E-state index >= 15 is 0 Å². The Morgan fingerprint density at radius 1 is 1.17 bits per heavy atom. The third-order valence-corrected chi connectivity index (χ3v) is 5.09. The van der Waals surface area contributed by atoms with Gasteiger partial charge in [0.2, 0.25) is 0 Å². The maximum absolute atomic E-state index is 12.5. The molecule has 0 bridgehead atoms. The van der Waals surface area contributed by atoms with Gasteiger partial charge in [-0.2, -0.15) is 0 Å². The van der Waals surface area contributed by atoms with Crippen LogP contribution in [0.4, 0.5) is 5.82 Å². The summed E-state index contributed by atoms with van der Waals surface area (Å²) in [6.45, 7) is 5.71. The molecule has 0 atom stereocenters. The number of para-hydroxylation sites is 1. The van der Waals surface area contributed by atoms with Crippen molar-refractivity contribution in [1.29, 1.82) is 0 Å². The standard InChI is InChI=1S/C21H26N6O2/c28-21(23-6-5-16-14-24-18-4-2-1-3-17(16)18)19-13-20(26-15-25-19)22-7-8-27-9-11-29-12-10-27/h1-4,13-15,24H,5-12H2,(H,23,28)(H,22,25,26). The molecule has 0 saturated carbocycles. The van der Waals surface area contributed by atoms with Crippen LogP contribution >= 0.6 is 0 Å². The van der Waals surface area contributed by atoms with E-state index in [0.29, 0.717) is 18.1 Å². The van der Waals surface area contributed by atoms with Crippen LogP contribution in [-0.4, -0.2) is 71.7 Å². The zero-order chi connectivity index (χ0) is 19.9. The number of H-pyrrole nitrogens is 1. The Bertz CT molecular complexity index is 951. The molecule has 1 fully saturated rings. The zero-order valence-electron chi connectivity index (χ0n) is 16.4. The highest BCUT2D eigenvalue weighted by Crippen LogP contribution is 2.17. The molecule has 1 saturated heterocycles. The molecule has 3 heterocycles. The average molecular weight is 394 g/mol. The number of fused-ring (bicyclic) bond motifs is 1. The number of ether oxygens (including phenoxy) is 1. The summed E-state index contributed by atoms with van der Waals surface area (Å²) >= 11 is 0. The Kier molecular flexibility index (Phi) is 6.33. The molecule has 8 heteroatoms. The van der Waals surface area contributed by atoms with Crippen LogP contribution < -0.4 is 10.6 Å². The zero-order valence-corrected chi connectivity index (χ0v) is 16.4. The molecule has 29 heavy (non-hydrogen) atoms. The van der Waals surface area contributed by atoms with Crippen molar-refractivity contribution in [3.63, 3.8) is 0 Å². The molecule has 1 aliphatic rings. The van der Waals surface area contributed by atoms with E-state index in [1.54, 1.807) is 6.07 Å². The lowest BCUT2D eigenvalue weighted by Gasteiger charge is -2.26. The fourth-order valence-electron chi connectivity index (χ4n) is 3.48. The van der Waals surface area contributed by atoms with Crippen molar-refractivity contribution >= 4 is 22.6 Å². The van der Waals surface area contributed by atoms with Gasteiger partial charge in [-0.15, -0.1) is 0 Å². The fraction of sp³-hybridized carbons (Fsp3) is 0.381. The summed E-state index contributed by atoms with van der Waals surface area (Å²) in [5.74, 6) is 0.471. The maximum atomic E-state index is 12.5. The topological polar surface area (TPSA) is 95.2 Å². The third-order valence-electron chi connectivity index (χ3n) is 5.09. The number of benzene rings is 1. The van der Waals surface area contributed by atoms with Crippen LogP contribution in [0.3, 0.4) is 0 Å². The highest BCUT2D eigenvalue weighted by molar-refractivity contribution is 5.92. The van der Waals surface area contributed by atoms with Crippen molar-refractivity contribution in [2.75, 3.05) is 51.3 Å². The highest BCUT2D eigenvalue weighted by Gasteiger charge is 2.11. The van der Waals surface area contributed by atoms with E-state index in [1.165, 1.54) is 17.3 Å². The Balaban J connectivity index is 1.25. The molecule has 4 rings (SSSR count). The molecule has 0 aliphatic carbocycles. The Labute approximate surface area is 169 Å². The number of nitrogens with one attached hydrogen (secondary N) is 3. The van der Waals surface area contributed by atoms with E-state index in [2.05, 4.69) is 36.6 Å². The second kappa shape index (κ2) is 9.49. The lowest BCUT2D eigenvalue weighted by atomic mass is 10.1. The summed E-state index contributed by atoms with van der Waals surface area (Å²) in [6.07, 6.45) is 4.18. The first-order valence-electron chi connectivity index (χ1n) is 9.99. The van der Waals surface area contributed by atoms with Gasteiger partial charge in [0, 0.05) is 55.9 Å². The molecule has 3 N–H and O–H groups in total. The molecular formula is C21H26N6O2. The summed E-state index contributed by atoms with van der Waals surface area (Å²) in [7, 11) is 0. The van der Waals surface area contributed by atoms with Crippen LogP contribution in [0.1, 0.15) is 16.1 Å². The van der Waals surface area contributed by atoms with Gasteiger partial charge in [-0.25, -0.2) is 9.97 Å². The number of aromatic nitrogens is 3. The van der Waals surface area contributed by atoms with E-state index in [0.717, 1.165) is 51.3 Å². The minimum atomic E-state index is -0.191. The molecule has 1 aliphatic heterocycles. The fourth-order valence-corrected chi connectivity index (χ4v) is 3.48. The van der Waals surface area contributed by atoms with Gasteiger partial charge in [0.15, 0.2) is 0 Å². The van der Waals surface area contributed by atoms with Gasteiger partial charge in [0.05, 0.1) is 13.2 Å². The Morgan fingerprint density at radius 2 is 2.03 bits per heavy atom. The molecule has 2 aromatic heterocycles. The summed E-state index contributed by atoms with van der Waals surface area (Å²) in [6, 6.07) is 9.85. The van der Waals surface area contributed by atoms with Crippen molar-refractivity contribution in [2.45, 2.75) is 6.42 Å². The first-order chi connectivity index (χ1) is 14.3. The summed E-state index contributed by atoms with van der Waals surface area (Å²) < 4.78 is 5.35. The number of nitrogens with zero attached hydrogens (tertiary/aromatic N) is 3. The van der Waals surface area contributed by atoms with Gasteiger partial charge < -0.3 is 20.4 Å². The minimum Gasteiger partial charge on any atom is -0.379 e. The second-order valence-electron chi connectivity index (χ2n) is 7.03. The van der Waals surface area contributed by atoms with Crippen molar-refractivity contribution in [1.82, 2.24) is 25.2 Å². The molecule has 0 unspecified atom stereocenters. The molecule has 8 nitrogen and oxygen atoms in total. The lowest BCUT2D eigenvalue weighted by molar-refractivity contribution is 0.0398. The monoisotopic (exact) mass is 394 g/mol. The van der Waals surface area contributed by atoms with E-state index in [4.69, 9.17) is 4.74 Å². The van der Waals surface area contributed by atoms with E-state index < -0.39 is 0 Å². The summed E-state index contributed by atoms with van der Waals surface area (Å²) in [5, 5.41) is 7.40. The number of hydrogen-bond acceptors (Lipinski definition) is 6. The first kappa shape index (κ1) is 19.4. The van der Waals surface area contributed by atoms with Crippen LogP contribution in [0.2, 0.25) is 0 Å². The van der Waals surface area contributed by atoms with Crippen LogP contribution in [0.25, 0.3) is 10.9 Å². The molecule has 0 radical (unpaired) electrons. The van der Waals surface area contributed by atoms with E-state index in [9.17, 15) is 4.79 Å². The normalized spacial score (nSPS) is 14.8. The summed E-state index contributed by atoms with van der Waals surface area (Å²) in [4.78, 5) is 26.4. The Morgan fingerprint density at radius 3 is 2.93 bits per heavy atom. The van der Waals surface area contributed by atoms with Crippen molar-refractivity contribution in [3.05, 3.63) is 54.1 Å². The molecule has 0 spiro atoms. The van der Waals surface area contributed by atoms with Gasteiger partial charge in [-0.3, -0.25) is 9.69 Å². The van der Waals surface area contributed by atoms with Crippen LogP contribution in [-0.2, 0) is 11.2 Å².